The van der Waals surface area contributed by atoms with Gasteiger partial charge in [-0.1, -0.05) is 19.9 Å². The molecule has 4 aromatic rings. The summed E-state index contributed by atoms with van der Waals surface area (Å²) in [6, 6.07) is 11.6. The number of primary sulfonamides is 1. The van der Waals surface area contributed by atoms with E-state index in [-0.39, 0.29) is 22.1 Å². The number of hydrogen-bond acceptors (Lipinski definition) is 6. The SMILES string of the molecule is CC(C)c1cc(Nc2ncnc3cc(-c4ncccc4C(F)(F)F)ccc23)ccc1S(N)(=O)=O. The van der Waals surface area contributed by atoms with Gasteiger partial charge in [0.25, 0.3) is 0 Å². The number of aromatic nitrogens is 3. The fourth-order valence-electron chi connectivity index (χ4n) is 3.64. The molecule has 0 spiro atoms. The van der Waals surface area contributed by atoms with Crippen molar-refractivity contribution >= 4 is 32.4 Å². The number of pyridine rings is 1. The van der Waals surface area contributed by atoms with Crippen LogP contribution < -0.4 is 10.5 Å². The quantitative estimate of drug-likeness (QED) is 0.399. The van der Waals surface area contributed by atoms with Crippen LogP contribution in [0.5, 0.6) is 0 Å². The summed E-state index contributed by atoms with van der Waals surface area (Å²) in [4.78, 5) is 12.4. The maximum absolute atomic E-state index is 13.4. The molecule has 0 aliphatic rings. The lowest BCUT2D eigenvalue weighted by Crippen LogP contribution is -2.15. The van der Waals surface area contributed by atoms with Crippen molar-refractivity contribution in [3.05, 3.63) is 72.2 Å². The van der Waals surface area contributed by atoms with Gasteiger partial charge >= 0.3 is 6.18 Å². The Balaban J connectivity index is 1.75. The molecule has 2 aromatic heterocycles. The highest BCUT2D eigenvalue weighted by Gasteiger charge is 2.34. The van der Waals surface area contributed by atoms with Crippen LogP contribution in [0.4, 0.5) is 24.7 Å². The molecule has 0 saturated carbocycles. The number of rotatable bonds is 5. The molecule has 0 aliphatic carbocycles. The van der Waals surface area contributed by atoms with Gasteiger partial charge in [-0.3, -0.25) is 4.98 Å². The average Bonchev–Trinajstić information content (AvgIpc) is 2.77. The molecular weight excluding hydrogens is 467 g/mol. The topological polar surface area (TPSA) is 111 Å². The van der Waals surface area contributed by atoms with Crippen molar-refractivity contribution < 1.29 is 21.6 Å². The first-order valence-electron chi connectivity index (χ1n) is 10.2. The maximum Gasteiger partial charge on any atom is 0.418 e. The molecule has 0 fully saturated rings. The van der Waals surface area contributed by atoms with E-state index in [0.717, 1.165) is 6.07 Å². The fraction of sp³-hybridized carbons (Fsp3) is 0.174. The molecule has 4 rings (SSSR count). The van der Waals surface area contributed by atoms with E-state index in [0.29, 0.717) is 28.0 Å². The zero-order valence-electron chi connectivity index (χ0n) is 18.1. The first kappa shape index (κ1) is 23.6. The third-order valence-corrected chi connectivity index (χ3v) is 6.21. The minimum atomic E-state index is -4.55. The Morgan fingerprint density at radius 3 is 2.44 bits per heavy atom. The number of fused-ring (bicyclic) bond motifs is 1. The fourth-order valence-corrected chi connectivity index (χ4v) is 4.52. The molecule has 0 atom stereocenters. The average molecular weight is 488 g/mol. The number of anilines is 2. The molecule has 2 heterocycles. The van der Waals surface area contributed by atoms with Gasteiger partial charge in [-0.05, 0) is 53.9 Å². The number of sulfonamides is 1. The molecule has 0 radical (unpaired) electrons. The summed E-state index contributed by atoms with van der Waals surface area (Å²) in [5.41, 5.74) is 0.777. The van der Waals surface area contributed by atoms with Crippen LogP contribution in [0.1, 0.15) is 30.9 Å². The first-order chi connectivity index (χ1) is 15.9. The van der Waals surface area contributed by atoms with E-state index in [9.17, 15) is 21.6 Å². The number of alkyl halides is 3. The van der Waals surface area contributed by atoms with Crippen LogP contribution >= 0.6 is 0 Å². The highest BCUT2D eigenvalue weighted by atomic mass is 32.2. The number of nitrogens with two attached hydrogens (primary N) is 1. The van der Waals surface area contributed by atoms with Gasteiger partial charge in [-0.25, -0.2) is 23.5 Å². The zero-order chi connectivity index (χ0) is 24.7. The number of halogens is 3. The second-order valence-electron chi connectivity index (χ2n) is 7.93. The molecule has 176 valence electrons. The van der Waals surface area contributed by atoms with Crippen LogP contribution in [-0.4, -0.2) is 23.4 Å². The lowest BCUT2D eigenvalue weighted by atomic mass is 10.0. The second-order valence-corrected chi connectivity index (χ2v) is 9.46. The molecular formula is C23H20F3N5O2S. The van der Waals surface area contributed by atoms with Gasteiger partial charge in [0.1, 0.15) is 12.1 Å². The molecule has 0 amide bonds. The number of nitrogens with zero attached hydrogens (tertiary/aromatic N) is 3. The van der Waals surface area contributed by atoms with Crippen LogP contribution in [0, 0.1) is 0 Å². The summed E-state index contributed by atoms with van der Waals surface area (Å²) < 4.78 is 64.1. The van der Waals surface area contributed by atoms with E-state index < -0.39 is 21.8 Å². The Morgan fingerprint density at radius 2 is 1.76 bits per heavy atom. The lowest BCUT2D eigenvalue weighted by molar-refractivity contribution is -0.137. The molecule has 2 aromatic carbocycles. The highest BCUT2D eigenvalue weighted by Crippen LogP contribution is 2.37. The number of nitrogens with one attached hydrogen (secondary N) is 1. The van der Waals surface area contributed by atoms with Crippen molar-refractivity contribution in [2.24, 2.45) is 5.14 Å². The summed E-state index contributed by atoms with van der Waals surface area (Å²) in [6.07, 6.45) is -1.95. The van der Waals surface area contributed by atoms with Gasteiger partial charge in [0.05, 0.1) is 21.7 Å². The molecule has 0 saturated heterocycles. The van der Waals surface area contributed by atoms with Gasteiger partial charge in [0.2, 0.25) is 10.0 Å². The van der Waals surface area contributed by atoms with E-state index in [1.54, 1.807) is 18.2 Å². The third kappa shape index (κ3) is 4.70. The molecule has 0 aliphatic heterocycles. The minimum Gasteiger partial charge on any atom is -0.340 e. The van der Waals surface area contributed by atoms with E-state index in [4.69, 9.17) is 5.14 Å². The van der Waals surface area contributed by atoms with Crippen molar-refractivity contribution in [3.8, 4) is 11.3 Å². The summed E-state index contributed by atoms with van der Waals surface area (Å²) in [7, 11) is -3.89. The van der Waals surface area contributed by atoms with E-state index in [2.05, 4.69) is 20.3 Å². The summed E-state index contributed by atoms with van der Waals surface area (Å²) >= 11 is 0. The normalized spacial score (nSPS) is 12.3. The van der Waals surface area contributed by atoms with Crippen LogP contribution in [0.25, 0.3) is 22.2 Å². The van der Waals surface area contributed by atoms with Crippen LogP contribution in [0.2, 0.25) is 0 Å². The molecule has 0 unspecified atom stereocenters. The Bertz CT molecular complexity index is 1490. The van der Waals surface area contributed by atoms with Crippen LogP contribution in [0.3, 0.4) is 0 Å². The van der Waals surface area contributed by atoms with Crippen molar-refractivity contribution in [2.45, 2.75) is 30.8 Å². The van der Waals surface area contributed by atoms with Crippen LogP contribution in [-0.2, 0) is 16.2 Å². The first-order valence-corrected chi connectivity index (χ1v) is 11.7. The maximum atomic E-state index is 13.4. The lowest BCUT2D eigenvalue weighted by Gasteiger charge is -2.15. The van der Waals surface area contributed by atoms with Gasteiger partial charge < -0.3 is 5.32 Å². The predicted octanol–water partition coefficient (Wildman–Crippen LogP) is 5.23. The van der Waals surface area contributed by atoms with Crippen molar-refractivity contribution in [1.82, 2.24) is 15.0 Å². The zero-order valence-corrected chi connectivity index (χ0v) is 18.9. The Hall–Kier alpha value is -3.57. The molecule has 0 bridgehead atoms. The molecule has 11 heteroatoms. The van der Waals surface area contributed by atoms with Gasteiger partial charge in [0, 0.05) is 22.8 Å². The van der Waals surface area contributed by atoms with E-state index in [1.807, 2.05) is 13.8 Å². The predicted molar refractivity (Wildman–Crippen MR) is 123 cm³/mol. The van der Waals surface area contributed by atoms with Gasteiger partial charge in [-0.2, -0.15) is 13.2 Å². The number of benzene rings is 2. The molecule has 34 heavy (non-hydrogen) atoms. The second kappa shape index (κ2) is 8.65. The molecule has 3 N–H and O–H groups in total. The van der Waals surface area contributed by atoms with E-state index >= 15 is 0 Å². The monoisotopic (exact) mass is 487 g/mol. The Kier molecular flexibility index (Phi) is 6.00. The third-order valence-electron chi connectivity index (χ3n) is 5.22. The van der Waals surface area contributed by atoms with Crippen LogP contribution in [0.15, 0.2) is 66.0 Å². The smallest absolute Gasteiger partial charge is 0.340 e. The van der Waals surface area contributed by atoms with E-state index in [1.165, 1.54) is 36.8 Å². The minimum absolute atomic E-state index is 0.0427. The number of hydrogen-bond donors (Lipinski definition) is 2. The van der Waals surface area contributed by atoms with Crippen molar-refractivity contribution in [1.29, 1.82) is 0 Å². The summed E-state index contributed by atoms with van der Waals surface area (Å²) in [5.74, 6) is 0.299. The largest absolute Gasteiger partial charge is 0.418 e. The Labute approximate surface area is 193 Å². The molecule has 7 nitrogen and oxygen atoms in total. The summed E-state index contributed by atoms with van der Waals surface area (Å²) in [6.45, 7) is 3.70. The Morgan fingerprint density at radius 1 is 1.00 bits per heavy atom. The van der Waals surface area contributed by atoms with Crippen molar-refractivity contribution in [3.63, 3.8) is 0 Å². The standard InChI is InChI=1S/C23H20F3N5O2S/c1-13(2)17-11-15(6-8-20(17)34(27,32)33)31-22-16-7-5-14(10-19(16)29-12-30-22)21-18(23(24,25)26)4-3-9-28-21/h3-13H,1-2H3,(H2,27,32,33)(H,29,30,31). The van der Waals surface area contributed by atoms with Gasteiger partial charge in [0.15, 0.2) is 0 Å². The summed E-state index contributed by atoms with van der Waals surface area (Å²) in [5, 5.41) is 9.03. The highest BCUT2D eigenvalue weighted by molar-refractivity contribution is 7.89. The van der Waals surface area contributed by atoms with Crippen molar-refractivity contribution in [2.75, 3.05) is 5.32 Å². The van der Waals surface area contributed by atoms with Gasteiger partial charge in [-0.15, -0.1) is 0 Å².